The Labute approximate surface area is 108 Å². The van der Waals surface area contributed by atoms with Gasteiger partial charge in [-0.25, -0.2) is 0 Å². The lowest BCUT2D eigenvalue weighted by Crippen LogP contribution is -2.31. The van der Waals surface area contributed by atoms with Crippen molar-refractivity contribution in [2.24, 2.45) is 5.73 Å². The largest absolute Gasteiger partial charge is 0.465 e. The van der Waals surface area contributed by atoms with Gasteiger partial charge in [0.2, 0.25) is 0 Å². The van der Waals surface area contributed by atoms with Crippen LogP contribution in [-0.4, -0.2) is 17.7 Å². The van der Waals surface area contributed by atoms with Crippen LogP contribution < -0.4 is 5.73 Å². The van der Waals surface area contributed by atoms with Gasteiger partial charge in [-0.2, -0.15) is 0 Å². The summed E-state index contributed by atoms with van der Waals surface area (Å²) in [6.07, 6.45) is 0. The van der Waals surface area contributed by atoms with Crippen molar-refractivity contribution >= 4 is 5.97 Å². The minimum Gasteiger partial charge on any atom is -0.465 e. The van der Waals surface area contributed by atoms with Crippen molar-refractivity contribution in [3.63, 3.8) is 0 Å². The van der Waals surface area contributed by atoms with E-state index in [4.69, 9.17) is 10.5 Å². The SMILES string of the molecule is CCOC(=O)C(C)(C)c1ccc(CN)c(CO)c1. The molecule has 0 radical (unpaired) electrons. The van der Waals surface area contributed by atoms with Gasteiger partial charge in [0.25, 0.3) is 0 Å². The first-order valence-electron chi connectivity index (χ1n) is 6.07. The molecule has 0 aliphatic carbocycles. The molecule has 0 saturated heterocycles. The molecule has 0 saturated carbocycles. The van der Waals surface area contributed by atoms with E-state index in [9.17, 15) is 9.90 Å². The Kier molecular flexibility index (Phi) is 4.87. The Balaban J connectivity index is 3.12. The van der Waals surface area contributed by atoms with E-state index in [2.05, 4.69) is 0 Å². The lowest BCUT2D eigenvalue weighted by molar-refractivity contribution is -0.148. The maximum atomic E-state index is 11.9. The minimum atomic E-state index is -0.729. The Hall–Kier alpha value is -1.39. The van der Waals surface area contributed by atoms with Crippen molar-refractivity contribution in [2.45, 2.75) is 39.3 Å². The van der Waals surface area contributed by atoms with Crippen LogP contribution in [0.2, 0.25) is 0 Å². The summed E-state index contributed by atoms with van der Waals surface area (Å²) < 4.78 is 5.07. The number of hydrogen-bond acceptors (Lipinski definition) is 4. The third kappa shape index (κ3) is 2.89. The monoisotopic (exact) mass is 251 g/mol. The van der Waals surface area contributed by atoms with Crippen LogP contribution in [0.25, 0.3) is 0 Å². The van der Waals surface area contributed by atoms with Crippen LogP contribution >= 0.6 is 0 Å². The van der Waals surface area contributed by atoms with Crippen molar-refractivity contribution in [3.05, 3.63) is 34.9 Å². The summed E-state index contributed by atoms with van der Waals surface area (Å²) in [5.74, 6) is -0.269. The number of ether oxygens (including phenoxy) is 1. The minimum absolute atomic E-state index is 0.0840. The van der Waals surface area contributed by atoms with Crippen molar-refractivity contribution in [2.75, 3.05) is 6.61 Å². The molecular weight excluding hydrogens is 230 g/mol. The van der Waals surface area contributed by atoms with Crippen LogP contribution in [0.4, 0.5) is 0 Å². The lowest BCUT2D eigenvalue weighted by atomic mass is 9.83. The highest BCUT2D eigenvalue weighted by Crippen LogP contribution is 2.27. The summed E-state index contributed by atoms with van der Waals surface area (Å²) in [5.41, 5.74) is 7.33. The van der Waals surface area contributed by atoms with Crippen molar-refractivity contribution in [3.8, 4) is 0 Å². The molecule has 0 bridgehead atoms. The second-order valence-corrected chi connectivity index (χ2v) is 4.69. The van der Waals surface area contributed by atoms with E-state index in [0.29, 0.717) is 13.2 Å². The van der Waals surface area contributed by atoms with Crippen LogP contribution in [0.3, 0.4) is 0 Å². The van der Waals surface area contributed by atoms with Gasteiger partial charge in [0.15, 0.2) is 0 Å². The van der Waals surface area contributed by atoms with Gasteiger partial charge in [0, 0.05) is 6.54 Å². The second-order valence-electron chi connectivity index (χ2n) is 4.69. The van der Waals surface area contributed by atoms with Crippen molar-refractivity contribution in [1.29, 1.82) is 0 Å². The highest BCUT2D eigenvalue weighted by atomic mass is 16.5. The van der Waals surface area contributed by atoms with Crippen LogP contribution in [-0.2, 0) is 28.1 Å². The molecule has 0 amide bonds. The summed E-state index contributed by atoms with van der Waals surface area (Å²) >= 11 is 0. The number of rotatable bonds is 5. The molecule has 100 valence electrons. The maximum Gasteiger partial charge on any atom is 0.315 e. The molecule has 0 aliphatic rings. The number of carbonyl (C=O) groups is 1. The first-order chi connectivity index (χ1) is 8.47. The molecule has 1 aromatic rings. The average Bonchev–Trinajstić information content (AvgIpc) is 2.38. The molecule has 1 aromatic carbocycles. The van der Waals surface area contributed by atoms with Gasteiger partial charge < -0.3 is 15.6 Å². The molecule has 0 atom stereocenters. The third-order valence-corrected chi connectivity index (χ3v) is 3.10. The first-order valence-corrected chi connectivity index (χ1v) is 6.07. The number of nitrogens with two attached hydrogens (primary N) is 1. The molecule has 4 heteroatoms. The zero-order valence-electron chi connectivity index (χ0n) is 11.2. The van der Waals surface area contributed by atoms with Gasteiger partial charge in [0.1, 0.15) is 0 Å². The molecule has 0 heterocycles. The fraction of sp³-hybridized carbons (Fsp3) is 0.500. The van der Waals surface area contributed by atoms with Gasteiger partial charge in [0.05, 0.1) is 18.6 Å². The van der Waals surface area contributed by atoms with Gasteiger partial charge in [-0.05, 0) is 37.5 Å². The van der Waals surface area contributed by atoms with E-state index in [1.54, 1.807) is 6.92 Å². The quantitative estimate of drug-likeness (QED) is 0.777. The zero-order chi connectivity index (χ0) is 13.8. The van der Waals surface area contributed by atoms with E-state index in [1.807, 2.05) is 32.0 Å². The number of benzene rings is 1. The molecule has 0 aromatic heterocycles. The predicted octanol–water partition coefficient (Wildman–Crippen LogP) is 1.48. The highest BCUT2D eigenvalue weighted by molar-refractivity contribution is 5.82. The number of esters is 1. The number of aliphatic hydroxyl groups is 1. The number of aliphatic hydroxyl groups excluding tert-OH is 1. The predicted molar refractivity (Wildman–Crippen MR) is 69.9 cm³/mol. The van der Waals surface area contributed by atoms with E-state index >= 15 is 0 Å². The molecule has 0 fully saturated rings. The van der Waals surface area contributed by atoms with E-state index in [-0.39, 0.29) is 12.6 Å². The van der Waals surface area contributed by atoms with Crippen molar-refractivity contribution in [1.82, 2.24) is 0 Å². The molecule has 18 heavy (non-hydrogen) atoms. The smallest absolute Gasteiger partial charge is 0.315 e. The van der Waals surface area contributed by atoms with Gasteiger partial charge in [-0.1, -0.05) is 18.2 Å². The van der Waals surface area contributed by atoms with Crippen molar-refractivity contribution < 1.29 is 14.6 Å². The number of carbonyl (C=O) groups excluding carboxylic acids is 1. The molecule has 0 unspecified atom stereocenters. The molecule has 4 nitrogen and oxygen atoms in total. The highest BCUT2D eigenvalue weighted by Gasteiger charge is 2.31. The number of hydrogen-bond donors (Lipinski definition) is 2. The summed E-state index contributed by atoms with van der Waals surface area (Å²) in [6.45, 7) is 6.04. The summed E-state index contributed by atoms with van der Waals surface area (Å²) in [6, 6.07) is 5.53. The van der Waals surface area contributed by atoms with Gasteiger partial charge >= 0.3 is 5.97 Å². The second kappa shape index (κ2) is 5.98. The van der Waals surface area contributed by atoms with Gasteiger partial charge in [-0.15, -0.1) is 0 Å². The molecular formula is C14H21NO3. The van der Waals surface area contributed by atoms with E-state index in [0.717, 1.165) is 16.7 Å². The Bertz CT molecular complexity index is 427. The molecule has 0 aliphatic heterocycles. The Morgan fingerprint density at radius 3 is 2.56 bits per heavy atom. The van der Waals surface area contributed by atoms with Crippen LogP contribution in [0.1, 0.15) is 37.5 Å². The fourth-order valence-corrected chi connectivity index (χ4v) is 1.79. The maximum absolute atomic E-state index is 11.9. The Morgan fingerprint density at radius 1 is 1.39 bits per heavy atom. The third-order valence-electron chi connectivity index (χ3n) is 3.10. The summed E-state index contributed by atoms with van der Waals surface area (Å²) in [7, 11) is 0. The zero-order valence-corrected chi connectivity index (χ0v) is 11.2. The molecule has 1 rings (SSSR count). The lowest BCUT2D eigenvalue weighted by Gasteiger charge is -2.24. The Morgan fingerprint density at radius 2 is 2.06 bits per heavy atom. The van der Waals surface area contributed by atoms with Crippen LogP contribution in [0, 0.1) is 0 Å². The van der Waals surface area contributed by atoms with Crippen LogP contribution in [0.15, 0.2) is 18.2 Å². The van der Waals surface area contributed by atoms with Crippen LogP contribution in [0.5, 0.6) is 0 Å². The first kappa shape index (κ1) is 14.7. The molecule has 0 spiro atoms. The summed E-state index contributed by atoms with van der Waals surface area (Å²) in [5, 5.41) is 9.31. The average molecular weight is 251 g/mol. The standard InChI is InChI=1S/C14H21NO3/c1-4-18-13(17)14(2,3)12-6-5-10(8-15)11(7-12)9-16/h5-7,16H,4,8-9,15H2,1-3H3. The topological polar surface area (TPSA) is 72.5 Å². The van der Waals surface area contributed by atoms with E-state index in [1.165, 1.54) is 0 Å². The normalized spacial score (nSPS) is 11.4. The van der Waals surface area contributed by atoms with Gasteiger partial charge in [-0.3, -0.25) is 4.79 Å². The molecule has 3 N–H and O–H groups in total. The van der Waals surface area contributed by atoms with E-state index < -0.39 is 5.41 Å². The fourth-order valence-electron chi connectivity index (χ4n) is 1.79. The summed E-state index contributed by atoms with van der Waals surface area (Å²) in [4.78, 5) is 11.9.